The van der Waals surface area contributed by atoms with Gasteiger partial charge in [-0.1, -0.05) is 11.6 Å². The molecule has 1 saturated carbocycles. The lowest BCUT2D eigenvalue weighted by molar-refractivity contribution is 0.247. The summed E-state index contributed by atoms with van der Waals surface area (Å²) in [4.78, 5) is 3.95. The van der Waals surface area contributed by atoms with Crippen LogP contribution >= 0.6 is 11.6 Å². The average molecular weight is 197 g/mol. The van der Waals surface area contributed by atoms with Gasteiger partial charge in [0.25, 0.3) is 0 Å². The summed E-state index contributed by atoms with van der Waals surface area (Å²) in [6.45, 7) is 0. The van der Waals surface area contributed by atoms with Crippen molar-refractivity contribution >= 4 is 11.6 Å². The van der Waals surface area contributed by atoms with E-state index < -0.39 is 0 Å². The Bertz CT molecular complexity index is 308. The summed E-state index contributed by atoms with van der Waals surface area (Å²) < 4.78 is 0. The zero-order chi connectivity index (χ0) is 9.31. The van der Waals surface area contributed by atoms with Crippen molar-refractivity contribution in [3.8, 4) is 0 Å². The van der Waals surface area contributed by atoms with Gasteiger partial charge < -0.3 is 5.73 Å². The van der Waals surface area contributed by atoms with Gasteiger partial charge in [-0.15, -0.1) is 0 Å². The van der Waals surface area contributed by atoms with E-state index in [0.717, 1.165) is 29.8 Å². The Labute approximate surface area is 83.1 Å². The predicted molar refractivity (Wildman–Crippen MR) is 53.7 cm³/mol. The minimum atomic E-state index is 0.00495. The van der Waals surface area contributed by atoms with Gasteiger partial charge in [0, 0.05) is 17.9 Å². The molecule has 0 unspecified atom stereocenters. The summed E-state index contributed by atoms with van der Waals surface area (Å²) in [7, 11) is 0. The molecule has 0 radical (unpaired) electrons. The smallest absolute Gasteiger partial charge is 0.0621 e. The first-order chi connectivity index (χ1) is 6.20. The number of nitrogens with two attached hydrogens (primary N) is 1. The summed E-state index contributed by atoms with van der Waals surface area (Å²) in [5.41, 5.74) is 7.25. The Morgan fingerprint density at radius 1 is 1.54 bits per heavy atom. The summed E-state index contributed by atoms with van der Waals surface area (Å²) >= 11 is 5.99. The van der Waals surface area contributed by atoms with Crippen LogP contribution in [0.5, 0.6) is 0 Å². The van der Waals surface area contributed by atoms with E-state index >= 15 is 0 Å². The Balaban J connectivity index is 2.13. The number of hydrogen-bond acceptors (Lipinski definition) is 2. The standard InChI is InChI=1S/C10H13ClN2/c11-9-7-13-5-2-8(9)6-10(12)3-1-4-10/h2,5,7H,1,3-4,6,12H2. The molecule has 3 heteroatoms. The van der Waals surface area contributed by atoms with E-state index in [-0.39, 0.29) is 5.54 Å². The van der Waals surface area contributed by atoms with Crippen LogP contribution in [-0.2, 0) is 6.42 Å². The Hall–Kier alpha value is -0.600. The molecular weight excluding hydrogens is 184 g/mol. The number of halogens is 1. The molecule has 0 atom stereocenters. The van der Waals surface area contributed by atoms with Crippen LogP contribution in [0.25, 0.3) is 0 Å². The van der Waals surface area contributed by atoms with E-state index in [2.05, 4.69) is 4.98 Å². The highest BCUT2D eigenvalue weighted by Crippen LogP contribution is 2.33. The lowest BCUT2D eigenvalue weighted by Gasteiger charge is -2.38. The maximum absolute atomic E-state index is 6.12. The van der Waals surface area contributed by atoms with Crippen molar-refractivity contribution in [1.82, 2.24) is 4.98 Å². The molecule has 70 valence electrons. The lowest BCUT2D eigenvalue weighted by Crippen LogP contribution is -2.48. The largest absolute Gasteiger partial charge is 0.325 e. The van der Waals surface area contributed by atoms with Crippen LogP contribution in [0.15, 0.2) is 18.5 Å². The van der Waals surface area contributed by atoms with Crippen molar-refractivity contribution in [3.05, 3.63) is 29.0 Å². The third-order valence-electron chi connectivity index (χ3n) is 2.75. The molecule has 0 amide bonds. The molecule has 0 saturated heterocycles. The summed E-state index contributed by atoms with van der Waals surface area (Å²) in [5, 5.41) is 0.735. The molecule has 1 fully saturated rings. The molecule has 1 heterocycles. The first-order valence-electron chi connectivity index (χ1n) is 4.57. The number of nitrogens with zero attached hydrogens (tertiary/aromatic N) is 1. The van der Waals surface area contributed by atoms with Crippen molar-refractivity contribution in [2.75, 3.05) is 0 Å². The van der Waals surface area contributed by atoms with Gasteiger partial charge in [-0.25, -0.2) is 0 Å². The summed E-state index contributed by atoms with van der Waals surface area (Å²) in [6, 6.07) is 1.95. The fourth-order valence-electron chi connectivity index (χ4n) is 1.73. The highest BCUT2D eigenvalue weighted by molar-refractivity contribution is 6.31. The number of rotatable bonds is 2. The van der Waals surface area contributed by atoms with E-state index in [1.165, 1.54) is 6.42 Å². The molecule has 0 aliphatic heterocycles. The van der Waals surface area contributed by atoms with Crippen molar-refractivity contribution in [3.63, 3.8) is 0 Å². The normalized spacial score (nSPS) is 19.5. The fraction of sp³-hybridized carbons (Fsp3) is 0.500. The first-order valence-corrected chi connectivity index (χ1v) is 4.95. The molecule has 1 aromatic rings. The van der Waals surface area contributed by atoms with E-state index in [1.807, 2.05) is 6.07 Å². The average Bonchev–Trinajstić information content (AvgIpc) is 2.06. The van der Waals surface area contributed by atoms with E-state index in [1.54, 1.807) is 12.4 Å². The SMILES string of the molecule is NC1(Cc2ccncc2Cl)CCC1. The van der Waals surface area contributed by atoms with Crippen LogP contribution in [0.3, 0.4) is 0 Å². The van der Waals surface area contributed by atoms with Gasteiger partial charge >= 0.3 is 0 Å². The quantitative estimate of drug-likeness (QED) is 0.788. The predicted octanol–water partition coefficient (Wildman–Crippen LogP) is 2.16. The molecule has 2 nitrogen and oxygen atoms in total. The topological polar surface area (TPSA) is 38.9 Å². The minimum absolute atomic E-state index is 0.00495. The van der Waals surface area contributed by atoms with E-state index in [0.29, 0.717) is 0 Å². The van der Waals surface area contributed by atoms with Crippen LogP contribution in [0.2, 0.25) is 5.02 Å². The highest BCUT2D eigenvalue weighted by atomic mass is 35.5. The van der Waals surface area contributed by atoms with Gasteiger partial charge in [-0.2, -0.15) is 0 Å². The summed E-state index contributed by atoms with van der Waals surface area (Å²) in [5.74, 6) is 0. The van der Waals surface area contributed by atoms with Gasteiger partial charge in [-0.3, -0.25) is 4.98 Å². The third kappa shape index (κ3) is 1.84. The van der Waals surface area contributed by atoms with Crippen molar-refractivity contribution in [2.24, 2.45) is 5.73 Å². The summed E-state index contributed by atoms with van der Waals surface area (Å²) in [6.07, 6.45) is 7.81. The molecule has 0 bridgehead atoms. The molecular formula is C10H13ClN2. The highest BCUT2D eigenvalue weighted by Gasteiger charge is 2.32. The van der Waals surface area contributed by atoms with Crippen molar-refractivity contribution in [2.45, 2.75) is 31.2 Å². The van der Waals surface area contributed by atoms with Crippen LogP contribution in [0, 0.1) is 0 Å². The molecule has 1 aromatic heterocycles. The van der Waals surface area contributed by atoms with E-state index in [4.69, 9.17) is 17.3 Å². The molecule has 1 aliphatic rings. The van der Waals surface area contributed by atoms with Gasteiger partial charge in [0.2, 0.25) is 0 Å². The van der Waals surface area contributed by atoms with Gasteiger partial charge in [0.1, 0.15) is 0 Å². The number of aromatic nitrogens is 1. The maximum Gasteiger partial charge on any atom is 0.0621 e. The molecule has 2 N–H and O–H groups in total. The molecule has 1 aliphatic carbocycles. The van der Waals surface area contributed by atoms with Gasteiger partial charge in [0.05, 0.1) is 5.02 Å². The van der Waals surface area contributed by atoms with Crippen LogP contribution in [0.4, 0.5) is 0 Å². The lowest BCUT2D eigenvalue weighted by atomic mass is 9.74. The Kier molecular flexibility index (Phi) is 2.26. The molecule has 2 rings (SSSR count). The van der Waals surface area contributed by atoms with Crippen molar-refractivity contribution < 1.29 is 0 Å². The molecule has 0 spiro atoms. The Morgan fingerprint density at radius 3 is 2.85 bits per heavy atom. The number of pyridine rings is 1. The van der Waals surface area contributed by atoms with Crippen LogP contribution in [0.1, 0.15) is 24.8 Å². The fourth-order valence-corrected chi connectivity index (χ4v) is 1.92. The second-order valence-electron chi connectivity index (χ2n) is 3.86. The number of hydrogen-bond donors (Lipinski definition) is 1. The third-order valence-corrected chi connectivity index (χ3v) is 3.09. The van der Waals surface area contributed by atoms with Crippen LogP contribution < -0.4 is 5.73 Å². The molecule has 0 aromatic carbocycles. The second kappa shape index (κ2) is 3.28. The van der Waals surface area contributed by atoms with E-state index in [9.17, 15) is 0 Å². The van der Waals surface area contributed by atoms with Crippen molar-refractivity contribution in [1.29, 1.82) is 0 Å². The first kappa shape index (κ1) is 8.97. The molecule has 13 heavy (non-hydrogen) atoms. The zero-order valence-corrected chi connectivity index (χ0v) is 8.22. The maximum atomic E-state index is 6.12. The van der Waals surface area contributed by atoms with Crippen LogP contribution in [-0.4, -0.2) is 10.5 Å². The van der Waals surface area contributed by atoms with Gasteiger partial charge in [-0.05, 0) is 37.3 Å². The zero-order valence-electron chi connectivity index (χ0n) is 7.46. The second-order valence-corrected chi connectivity index (χ2v) is 4.27. The van der Waals surface area contributed by atoms with Gasteiger partial charge in [0.15, 0.2) is 0 Å². The Morgan fingerprint density at radius 2 is 2.31 bits per heavy atom. The minimum Gasteiger partial charge on any atom is -0.325 e. The monoisotopic (exact) mass is 196 g/mol.